The average Bonchev–Trinajstić information content (AvgIpc) is 2.33. The highest BCUT2D eigenvalue weighted by molar-refractivity contribution is 5.80. The SMILES string of the molecule is CC(C)(C)OC(=O)CO/N=C/c1cccc(N=C=O)c1. The highest BCUT2D eigenvalue weighted by atomic mass is 16.7. The molecule has 0 aliphatic heterocycles. The molecular weight excluding hydrogens is 260 g/mol. The second-order valence-electron chi connectivity index (χ2n) is 4.89. The average molecular weight is 276 g/mol. The van der Waals surface area contributed by atoms with E-state index in [1.165, 1.54) is 12.3 Å². The summed E-state index contributed by atoms with van der Waals surface area (Å²) in [5.41, 5.74) is 0.604. The molecule has 0 aliphatic carbocycles. The van der Waals surface area contributed by atoms with Crippen molar-refractivity contribution in [3.63, 3.8) is 0 Å². The number of carbonyl (C=O) groups excluding carboxylic acids is 2. The van der Waals surface area contributed by atoms with Crippen LogP contribution < -0.4 is 0 Å². The normalized spacial score (nSPS) is 10.9. The predicted molar refractivity (Wildman–Crippen MR) is 73.6 cm³/mol. The van der Waals surface area contributed by atoms with Gasteiger partial charge in [-0.2, -0.15) is 4.99 Å². The minimum Gasteiger partial charge on any atom is -0.457 e. The van der Waals surface area contributed by atoms with Crippen molar-refractivity contribution in [1.29, 1.82) is 0 Å². The third-order valence-corrected chi connectivity index (χ3v) is 1.92. The Morgan fingerprint density at radius 1 is 1.40 bits per heavy atom. The van der Waals surface area contributed by atoms with E-state index in [9.17, 15) is 9.59 Å². The molecule has 0 saturated carbocycles. The van der Waals surface area contributed by atoms with Gasteiger partial charge in [0.25, 0.3) is 0 Å². The molecule has 0 spiro atoms. The highest BCUT2D eigenvalue weighted by Crippen LogP contribution is 2.11. The second-order valence-corrected chi connectivity index (χ2v) is 4.89. The van der Waals surface area contributed by atoms with Gasteiger partial charge in [0.1, 0.15) is 5.60 Å². The Morgan fingerprint density at radius 3 is 2.80 bits per heavy atom. The summed E-state index contributed by atoms with van der Waals surface area (Å²) < 4.78 is 5.05. The molecule has 0 heterocycles. The van der Waals surface area contributed by atoms with Gasteiger partial charge < -0.3 is 9.57 Å². The zero-order chi connectivity index (χ0) is 15.0. The topological polar surface area (TPSA) is 77.3 Å². The molecule has 1 rings (SSSR count). The van der Waals surface area contributed by atoms with Crippen molar-refractivity contribution < 1.29 is 19.2 Å². The molecule has 0 amide bonds. The second kappa shape index (κ2) is 7.21. The van der Waals surface area contributed by atoms with Gasteiger partial charge in [-0.25, -0.2) is 9.59 Å². The fraction of sp³-hybridized carbons (Fsp3) is 0.357. The van der Waals surface area contributed by atoms with Crippen molar-refractivity contribution in [3.8, 4) is 0 Å². The Bertz CT molecular complexity index is 540. The molecule has 1 aromatic carbocycles. The summed E-state index contributed by atoms with van der Waals surface area (Å²) in [6, 6.07) is 6.75. The van der Waals surface area contributed by atoms with Gasteiger partial charge in [0.05, 0.1) is 11.9 Å². The number of nitrogens with zero attached hydrogens (tertiary/aromatic N) is 2. The Kier molecular flexibility index (Phi) is 5.62. The van der Waals surface area contributed by atoms with Crippen molar-refractivity contribution >= 4 is 24.0 Å². The van der Waals surface area contributed by atoms with E-state index >= 15 is 0 Å². The van der Waals surface area contributed by atoms with Gasteiger partial charge in [-0.05, 0) is 38.5 Å². The van der Waals surface area contributed by atoms with Crippen LogP contribution in [0.1, 0.15) is 26.3 Å². The minimum atomic E-state index is -0.550. The molecule has 0 aromatic heterocycles. The van der Waals surface area contributed by atoms with Crippen LogP contribution in [0.25, 0.3) is 0 Å². The molecule has 0 bridgehead atoms. The first-order valence-electron chi connectivity index (χ1n) is 5.96. The smallest absolute Gasteiger partial charge is 0.347 e. The zero-order valence-electron chi connectivity index (χ0n) is 11.6. The first-order chi connectivity index (χ1) is 9.40. The number of oxime groups is 1. The van der Waals surface area contributed by atoms with Crippen molar-refractivity contribution in [1.82, 2.24) is 0 Å². The van der Waals surface area contributed by atoms with Gasteiger partial charge in [0, 0.05) is 0 Å². The van der Waals surface area contributed by atoms with Crippen LogP contribution in [0.15, 0.2) is 34.4 Å². The maximum atomic E-state index is 11.3. The van der Waals surface area contributed by atoms with E-state index in [0.29, 0.717) is 11.3 Å². The molecule has 106 valence electrons. The maximum Gasteiger partial charge on any atom is 0.347 e. The number of carbonyl (C=O) groups is 1. The van der Waals surface area contributed by atoms with Crippen LogP contribution in [0.2, 0.25) is 0 Å². The number of isocyanates is 1. The van der Waals surface area contributed by atoms with Crippen LogP contribution in [0, 0.1) is 0 Å². The summed E-state index contributed by atoms with van der Waals surface area (Å²) in [5.74, 6) is -0.492. The Hall–Kier alpha value is -2.46. The van der Waals surface area contributed by atoms with Crippen LogP contribution in [-0.2, 0) is 19.2 Å². The zero-order valence-corrected chi connectivity index (χ0v) is 11.6. The fourth-order valence-electron chi connectivity index (χ4n) is 1.29. The fourth-order valence-corrected chi connectivity index (χ4v) is 1.29. The standard InChI is InChI=1S/C14H16N2O4/c1-14(2,3)20-13(18)9-19-16-8-11-5-4-6-12(7-11)15-10-17/h4-8H,9H2,1-3H3/b16-8+. The Labute approximate surface area is 117 Å². The monoisotopic (exact) mass is 276 g/mol. The molecule has 0 atom stereocenters. The van der Waals surface area contributed by atoms with Gasteiger partial charge in [-0.15, -0.1) is 0 Å². The lowest BCUT2D eigenvalue weighted by molar-refractivity contribution is -0.160. The summed E-state index contributed by atoms with van der Waals surface area (Å²) in [6.07, 6.45) is 2.86. The molecule has 6 heteroatoms. The number of ether oxygens (including phenoxy) is 1. The molecule has 0 N–H and O–H groups in total. The number of hydrogen-bond acceptors (Lipinski definition) is 6. The van der Waals surface area contributed by atoms with Crippen LogP contribution in [0.4, 0.5) is 5.69 Å². The molecule has 0 saturated heterocycles. The molecule has 0 aliphatic rings. The molecule has 6 nitrogen and oxygen atoms in total. The van der Waals surface area contributed by atoms with Crippen LogP contribution in [-0.4, -0.2) is 30.5 Å². The third-order valence-electron chi connectivity index (χ3n) is 1.92. The van der Waals surface area contributed by atoms with E-state index < -0.39 is 11.6 Å². The predicted octanol–water partition coefficient (Wildman–Crippen LogP) is 2.35. The van der Waals surface area contributed by atoms with Crippen LogP contribution in [0.5, 0.6) is 0 Å². The van der Waals surface area contributed by atoms with Gasteiger partial charge >= 0.3 is 5.97 Å². The van der Waals surface area contributed by atoms with Crippen molar-refractivity contribution in [3.05, 3.63) is 29.8 Å². The van der Waals surface area contributed by atoms with E-state index in [-0.39, 0.29) is 6.61 Å². The van der Waals surface area contributed by atoms with Gasteiger partial charge in [0.2, 0.25) is 12.7 Å². The van der Waals surface area contributed by atoms with E-state index in [4.69, 9.17) is 9.57 Å². The summed E-state index contributed by atoms with van der Waals surface area (Å²) >= 11 is 0. The largest absolute Gasteiger partial charge is 0.457 e. The van der Waals surface area contributed by atoms with Crippen molar-refractivity contribution in [2.24, 2.45) is 10.1 Å². The van der Waals surface area contributed by atoms with E-state index in [1.807, 2.05) is 0 Å². The first kappa shape index (κ1) is 15.6. The van der Waals surface area contributed by atoms with Crippen molar-refractivity contribution in [2.75, 3.05) is 6.61 Å². The summed E-state index contributed by atoms with van der Waals surface area (Å²) in [4.78, 5) is 29.8. The third kappa shape index (κ3) is 6.47. The maximum absolute atomic E-state index is 11.3. The lowest BCUT2D eigenvalue weighted by Gasteiger charge is -2.18. The highest BCUT2D eigenvalue weighted by Gasteiger charge is 2.16. The summed E-state index contributed by atoms with van der Waals surface area (Å²) in [6.45, 7) is 5.05. The lowest BCUT2D eigenvalue weighted by atomic mass is 10.2. The Balaban J connectivity index is 2.47. The molecule has 0 radical (unpaired) electrons. The summed E-state index contributed by atoms with van der Waals surface area (Å²) in [5, 5.41) is 3.65. The molecular formula is C14H16N2O4. The van der Waals surface area contributed by atoms with Crippen molar-refractivity contribution in [2.45, 2.75) is 26.4 Å². The molecule has 0 unspecified atom stereocenters. The van der Waals surface area contributed by atoms with Gasteiger partial charge in [-0.1, -0.05) is 17.3 Å². The molecule has 20 heavy (non-hydrogen) atoms. The summed E-state index contributed by atoms with van der Waals surface area (Å²) in [7, 11) is 0. The lowest BCUT2D eigenvalue weighted by Crippen LogP contribution is -2.26. The van der Waals surface area contributed by atoms with E-state index in [0.717, 1.165) is 0 Å². The van der Waals surface area contributed by atoms with Gasteiger partial charge in [-0.3, -0.25) is 0 Å². The van der Waals surface area contributed by atoms with E-state index in [1.54, 1.807) is 45.0 Å². The quantitative estimate of drug-likeness (QED) is 0.358. The molecule has 1 aromatic rings. The number of benzene rings is 1. The Morgan fingerprint density at radius 2 is 2.15 bits per heavy atom. The number of esters is 1. The number of aliphatic imine (C=N–C) groups is 1. The van der Waals surface area contributed by atoms with Crippen LogP contribution in [0.3, 0.4) is 0 Å². The van der Waals surface area contributed by atoms with Gasteiger partial charge in [0.15, 0.2) is 0 Å². The van der Waals surface area contributed by atoms with Crippen LogP contribution >= 0.6 is 0 Å². The first-order valence-corrected chi connectivity index (χ1v) is 5.96. The van der Waals surface area contributed by atoms with E-state index in [2.05, 4.69) is 10.1 Å². The minimum absolute atomic E-state index is 0.264. The number of hydrogen-bond donors (Lipinski definition) is 0. The number of rotatable bonds is 5. The molecule has 0 fully saturated rings.